The molecule has 2 atom stereocenters. The molecule has 1 N–H and O–H groups in total. The summed E-state index contributed by atoms with van der Waals surface area (Å²) in [5.41, 5.74) is 2.15. The Kier molecular flexibility index (Phi) is 5.09. The Labute approximate surface area is 146 Å². The Hall–Kier alpha value is -0.300. The van der Waals surface area contributed by atoms with Crippen LogP contribution < -0.4 is 0 Å². The zero-order valence-corrected chi connectivity index (χ0v) is 15.5. The Morgan fingerprint density at radius 2 is 1.95 bits per heavy atom. The summed E-state index contributed by atoms with van der Waals surface area (Å²) in [6.07, 6.45) is 0. The van der Waals surface area contributed by atoms with Gasteiger partial charge in [-0.1, -0.05) is 49.5 Å². The van der Waals surface area contributed by atoms with Crippen molar-refractivity contribution in [1.82, 2.24) is 9.97 Å². The number of nitrogens with one attached hydrogen (secondary N) is 1. The van der Waals surface area contributed by atoms with Gasteiger partial charge in [0.15, 0.2) is 0 Å². The molecule has 2 heterocycles. The fourth-order valence-electron chi connectivity index (χ4n) is 2.35. The van der Waals surface area contributed by atoms with Crippen molar-refractivity contribution in [3.63, 3.8) is 0 Å². The number of aromatic amines is 1. The number of nitrogens with zero attached hydrogens (tertiary/aromatic N) is 1. The summed E-state index contributed by atoms with van der Waals surface area (Å²) in [5.74, 6) is 3.37. The molecular formula is C15H15BrN2S3. The lowest BCUT2D eigenvalue weighted by Crippen LogP contribution is -2.18. The number of thioether (sulfide) groups is 2. The number of hydrogen-bond donors (Lipinski definition) is 1. The van der Waals surface area contributed by atoms with E-state index in [0.717, 1.165) is 21.6 Å². The molecule has 1 fully saturated rings. The van der Waals surface area contributed by atoms with Crippen LogP contribution in [0.2, 0.25) is 0 Å². The zero-order valence-electron chi connectivity index (χ0n) is 11.5. The normalized spacial score (nSPS) is 22.2. The molecule has 1 aromatic carbocycles. The number of H-pyrrole nitrogens is 1. The van der Waals surface area contributed by atoms with E-state index in [1.165, 1.54) is 11.5 Å². The zero-order chi connectivity index (χ0) is 14.8. The van der Waals surface area contributed by atoms with Gasteiger partial charge in [0.05, 0.1) is 15.4 Å². The summed E-state index contributed by atoms with van der Waals surface area (Å²) in [6.45, 7) is 2.27. The molecule has 1 aromatic heterocycles. The highest BCUT2D eigenvalue weighted by Gasteiger charge is 2.26. The van der Waals surface area contributed by atoms with E-state index in [1.807, 2.05) is 41.7 Å². The Balaban J connectivity index is 2.08. The molecule has 0 bridgehead atoms. The summed E-state index contributed by atoms with van der Waals surface area (Å²) < 4.78 is 1.50. The van der Waals surface area contributed by atoms with Gasteiger partial charge in [-0.15, -0.1) is 11.8 Å². The SMILES string of the molecule is CC1SCCSC1c1nc(=S)c(Br)c(-c2ccccc2)[nH]1. The molecule has 1 aliphatic rings. The second-order valence-electron chi connectivity index (χ2n) is 4.85. The Morgan fingerprint density at radius 1 is 1.24 bits per heavy atom. The van der Waals surface area contributed by atoms with Gasteiger partial charge in [0.2, 0.25) is 0 Å². The second-order valence-corrected chi connectivity index (χ2v) is 8.76. The highest BCUT2D eigenvalue weighted by Crippen LogP contribution is 2.42. The van der Waals surface area contributed by atoms with Crippen LogP contribution in [0.4, 0.5) is 0 Å². The van der Waals surface area contributed by atoms with Gasteiger partial charge in [-0.3, -0.25) is 0 Å². The van der Waals surface area contributed by atoms with Crippen LogP contribution in [0.1, 0.15) is 18.0 Å². The molecule has 0 saturated carbocycles. The minimum atomic E-state index is 0.376. The molecule has 0 amide bonds. The van der Waals surface area contributed by atoms with E-state index in [9.17, 15) is 0 Å². The van der Waals surface area contributed by atoms with Crippen molar-refractivity contribution in [2.24, 2.45) is 0 Å². The summed E-state index contributed by atoms with van der Waals surface area (Å²) in [5, 5.41) is 0.924. The number of halogens is 1. The Morgan fingerprint density at radius 3 is 2.67 bits per heavy atom. The first-order valence-electron chi connectivity index (χ1n) is 6.75. The van der Waals surface area contributed by atoms with Crippen molar-refractivity contribution >= 4 is 51.7 Å². The molecule has 2 nitrogen and oxygen atoms in total. The van der Waals surface area contributed by atoms with Crippen LogP contribution in [-0.4, -0.2) is 26.7 Å². The van der Waals surface area contributed by atoms with Crippen molar-refractivity contribution in [2.45, 2.75) is 17.4 Å². The molecule has 2 aromatic rings. The summed E-state index contributed by atoms with van der Waals surface area (Å²) in [4.78, 5) is 8.12. The molecule has 110 valence electrons. The summed E-state index contributed by atoms with van der Waals surface area (Å²) >= 11 is 13.0. The molecule has 2 unspecified atom stereocenters. The first kappa shape index (κ1) is 15.6. The van der Waals surface area contributed by atoms with E-state index in [2.05, 4.69) is 45.0 Å². The molecular weight excluding hydrogens is 384 g/mol. The van der Waals surface area contributed by atoms with Crippen molar-refractivity contribution in [3.05, 3.63) is 45.3 Å². The van der Waals surface area contributed by atoms with Crippen molar-refractivity contribution in [3.8, 4) is 11.3 Å². The summed E-state index contributed by atoms with van der Waals surface area (Å²) in [6, 6.07) is 10.3. The quantitative estimate of drug-likeness (QED) is 0.677. The molecule has 0 spiro atoms. The third kappa shape index (κ3) is 3.38. The lowest BCUT2D eigenvalue weighted by Gasteiger charge is -2.27. The monoisotopic (exact) mass is 398 g/mol. The van der Waals surface area contributed by atoms with Crippen LogP contribution in [0, 0.1) is 4.64 Å². The van der Waals surface area contributed by atoms with Gasteiger partial charge < -0.3 is 4.98 Å². The maximum Gasteiger partial charge on any atom is 0.144 e. The summed E-state index contributed by atoms with van der Waals surface area (Å²) in [7, 11) is 0. The average molecular weight is 399 g/mol. The first-order valence-corrected chi connectivity index (χ1v) is 10.0. The smallest absolute Gasteiger partial charge is 0.144 e. The van der Waals surface area contributed by atoms with Gasteiger partial charge in [-0.2, -0.15) is 11.8 Å². The van der Waals surface area contributed by atoms with Crippen LogP contribution in [0.15, 0.2) is 34.8 Å². The minimum absolute atomic E-state index is 0.376. The van der Waals surface area contributed by atoms with Gasteiger partial charge in [0.1, 0.15) is 10.5 Å². The standard InChI is InChI=1S/C15H15BrN2S3/c1-9-13(21-8-7-20-9)14-17-12(11(16)15(19)18-14)10-5-3-2-4-6-10/h2-6,9,13H,7-8H2,1H3,(H,17,18,19). The van der Waals surface area contributed by atoms with E-state index in [1.54, 1.807) is 0 Å². The van der Waals surface area contributed by atoms with Gasteiger partial charge in [-0.05, 0) is 21.5 Å². The molecule has 1 saturated heterocycles. The first-order chi connectivity index (χ1) is 10.2. The maximum atomic E-state index is 5.44. The van der Waals surface area contributed by atoms with Crippen LogP contribution >= 0.6 is 51.7 Å². The third-order valence-electron chi connectivity index (χ3n) is 3.40. The number of benzene rings is 1. The predicted molar refractivity (Wildman–Crippen MR) is 99.7 cm³/mol. The number of hydrogen-bond acceptors (Lipinski definition) is 4. The van der Waals surface area contributed by atoms with Gasteiger partial charge in [0.25, 0.3) is 0 Å². The number of rotatable bonds is 2. The van der Waals surface area contributed by atoms with Crippen molar-refractivity contribution in [2.75, 3.05) is 11.5 Å². The van der Waals surface area contributed by atoms with Crippen molar-refractivity contribution < 1.29 is 0 Å². The second kappa shape index (κ2) is 6.86. The highest BCUT2D eigenvalue weighted by molar-refractivity contribution is 9.10. The van der Waals surface area contributed by atoms with E-state index in [4.69, 9.17) is 12.2 Å². The number of aromatic nitrogens is 2. The minimum Gasteiger partial charge on any atom is -0.341 e. The van der Waals surface area contributed by atoms with Gasteiger partial charge >= 0.3 is 0 Å². The van der Waals surface area contributed by atoms with Gasteiger partial charge in [-0.25, -0.2) is 4.98 Å². The van der Waals surface area contributed by atoms with Crippen LogP contribution in [0.25, 0.3) is 11.3 Å². The van der Waals surface area contributed by atoms with Crippen LogP contribution in [0.5, 0.6) is 0 Å². The largest absolute Gasteiger partial charge is 0.341 e. The maximum absolute atomic E-state index is 5.44. The molecule has 6 heteroatoms. The predicted octanol–water partition coefficient (Wildman–Crippen LogP) is 5.48. The van der Waals surface area contributed by atoms with E-state index in [0.29, 0.717) is 15.1 Å². The highest BCUT2D eigenvalue weighted by atomic mass is 79.9. The Bertz CT molecular complexity index is 687. The lowest BCUT2D eigenvalue weighted by molar-refractivity contribution is 0.820. The molecule has 21 heavy (non-hydrogen) atoms. The average Bonchev–Trinajstić information content (AvgIpc) is 2.51. The molecule has 3 rings (SSSR count). The lowest BCUT2D eigenvalue weighted by atomic mass is 10.1. The van der Waals surface area contributed by atoms with Crippen molar-refractivity contribution in [1.29, 1.82) is 0 Å². The fraction of sp³-hybridized carbons (Fsp3) is 0.333. The van der Waals surface area contributed by atoms with Crippen LogP contribution in [0.3, 0.4) is 0 Å². The molecule has 0 aliphatic carbocycles. The molecule has 1 aliphatic heterocycles. The van der Waals surface area contributed by atoms with Gasteiger partial charge in [0, 0.05) is 16.8 Å². The van der Waals surface area contributed by atoms with E-state index in [-0.39, 0.29) is 0 Å². The van der Waals surface area contributed by atoms with E-state index < -0.39 is 0 Å². The topological polar surface area (TPSA) is 28.7 Å². The van der Waals surface area contributed by atoms with E-state index >= 15 is 0 Å². The fourth-order valence-corrected chi connectivity index (χ4v) is 5.68. The third-order valence-corrected chi connectivity index (χ3v) is 7.83. The van der Waals surface area contributed by atoms with Crippen LogP contribution in [-0.2, 0) is 0 Å². The molecule has 0 radical (unpaired) electrons.